The van der Waals surface area contributed by atoms with Crippen molar-refractivity contribution in [1.29, 1.82) is 5.26 Å². The maximum absolute atomic E-state index is 13.6. The quantitative estimate of drug-likeness (QED) is 0.482. The monoisotopic (exact) mass is 525 g/mol. The number of nitrogens with zero attached hydrogens (tertiary/aromatic N) is 3. The highest BCUT2D eigenvalue weighted by Crippen LogP contribution is 2.37. The van der Waals surface area contributed by atoms with E-state index < -0.39 is 6.04 Å². The number of hydrogen-bond donors (Lipinski definition) is 2. The van der Waals surface area contributed by atoms with E-state index in [1.807, 2.05) is 12.1 Å². The topological polar surface area (TPSA) is 88.5 Å². The number of rotatable bonds is 5. The molecule has 7 nitrogen and oxygen atoms in total. The summed E-state index contributed by atoms with van der Waals surface area (Å²) in [6.07, 6.45) is 5.39. The summed E-state index contributed by atoms with van der Waals surface area (Å²) in [5, 5.41) is 17.4. The predicted molar refractivity (Wildman–Crippen MR) is 147 cm³/mol. The summed E-state index contributed by atoms with van der Waals surface area (Å²) >= 11 is 0. The van der Waals surface area contributed by atoms with Gasteiger partial charge in [-0.15, -0.1) is 0 Å². The predicted octanol–water partition coefficient (Wildman–Crippen LogP) is 5.16. The Hall–Kier alpha value is -3.96. The van der Waals surface area contributed by atoms with Gasteiger partial charge in [0.2, 0.25) is 5.91 Å². The normalized spacial score (nSPS) is 24.5. The van der Waals surface area contributed by atoms with Crippen LogP contribution >= 0.6 is 0 Å². The molecule has 3 aliphatic heterocycles. The molecule has 2 bridgehead atoms. The van der Waals surface area contributed by atoms with Gasteiger partial charge >= 0.3 is 6.03 Å². The SMILES string of the molecule is N#Cc1ccccc1NC(=O)[C@@H]1CCCN1C(=O)NC1CC2CCC(C1)N2Cc1ccc2cc(F)ccc2c1. The molecule has 0 saturated carbocycles. The zero-order valence-electron chi connectivity index (χ0n) is 21.8. The second kappa shape index (κ2) is 10.7. The highest BCUT2D eigenvalue weighted by Gasteiger charge is 2.42. The first-order valence-electron chi connectivity index (χ1n) is 13.8. The number of nitriles is 1. The van der Waals surface area contributed by atoms with Gasteiger partial charge < -0.3 is 15.5 Å². The van der Waals surface area contributed by atoms with Gasteiger partial charge in [-0.1, -0.05) is 30.3 Å². The van der Waals surface area contributed by atoms with Crippen molar-refractivity contribution in [3.05, 3.63) is 77.6 Å². The van der Waals surface area contributed by atoms with E-state index >= 15 is 0 Å². The van der Waals surface area contributed by atoms with Gasteiger partial charge in [-0.3, -0.25) is 9.69 Å². The number of likely N-dealkylation sites (tertiary alicyclic amines) is 1. The Morgan fingerprint density at radius 3 is 2.51 bits per heavy atom. The van der Waals surface area contributed by atoms with E-state index in [2.05, 4.69) is 33.7 Å². The fraction of sp³-hybridized carbons (Fsp3) is 0.387. The molecule has 0 aromatic heterocycles. The Kier molecular flexibility index (Phi) is 6.92. The van der Waals surface area contributed by atoms with Gasteiger partial charge in [0.15, 0.2) is 0 Å². The highest BCUT2D eigenvalue weighted by molar-refractivity contribution is 5.98. The number of carbonyl (C=O) groups is 2. The van der Waals surface area contributed by atoms with Crippen molar-refractivity contribution < 1.29 is 14.0 Å². The Morgan fingerprint density at radius 2 is 1.72 bits per heavy atom. The molecule has 3 heterocycles. The molecule has 3 aromatic rings. The standard InChI is InChI=1S/C31H32FN5O2/c32-24-10-9-21-14-20(7-8-22(21)15-24)19-37-26-11-12-27(37)17-25(16-26)34-31(39)36-13-3-6-29(36)30(38)35-28-5-2-1-4-23(28)18-33/h1-2,4-5,7-10,14-15,25-27,29H,3,6,11-13,16-17,19H2,(H,34,39)(H,35,38)/t25?,26?,27?,29-/m0/s1. The molecule has 3 fully saturated rings. The average molecular weight is 526 g/mol. The number of nitrogens with one attached hydrogen (secondary N) is 2. The Morgan fingerprint density at radius 1 is 0.974 bits per heavy atom. The lowest BCUT2D eigenvalue weighted by Crippen LogP contribution is -2.54. The van der Waals surface area contributed by atoms with Crippen molar-refractivity contribution in [2.45, 2.75) is 69.2 Å². The van der Waals surface area contributed by atoms with Gasteiger partial charge in [0.05, 0.1) is 11.3 Å². The molecule has 0 radical (unpaired) electrons. The molecule has 200 valence electrons. The fourth-order valence-corrected chi connectivity index (χ4v) is 6.67. The van der Waals surface area contributed by atoms with E-state index in [0.29, 0.717) is 36.3 Å². The van der Waals surface area contributed by atoms with Crippen LogP contribution in [0, 0.1) is 17.1 Å². The third-order valence-electron chi connectivity index (χ3n) is 8.57. The molecule has 3 amide bonds. The van der Waals surface area contributed by atoms with Crippen molar-refractivity contribution in [2.24, 2.45) is 0 Å². The number of amides is 3. The number of hydrogen-bond acceptors (Lipinski definition) is 4. The lowest BCUT2D eigenvalue weighted by Gasteiger charge is -2.40. The second-order valence-electron chi connectivity index (χ2n) is 11.0. The first-order chi connectivity index (χ1) is 19.0. The van der Waals surface area contributed by atoms with Crippen LogP contribution in [-0.4, -0.2) is 52.5 Å². The first kappa shape index (κ1) is 25.3. The lowest BCUT2D eigenvalue weighted by molar-refractivity contribution is -0.119. The van der Waals surface area contributed by atoms with Crippen LogP contribution in [0.2, 0.25) is 0 Å². The number of piperidine rings is 1. The van der Waals surface area contributed by atoms with Crippen LogP contribution in [0.4, 0.5) is 14.9 Å². The van der Waals surface area contributed by atoms with Crippen LogP contribution in [0.1, 0.15) is 49.7 Å². The number of fused-ring (bicyclic) bond motifs is 3. The number of para-hydroxylation sites is 1. The molecular weight excluding hydrogens is 493 g/mol. The molecule has 0 spiro atoms. The summed E-state index contributed by atoms with van der Waals surface area (Å²) in [5.41, 5.74) is 2.09. The highest BCUT2D eigenvalue weighted by atomic mass is 19.1. The van der Waals surface area contributed by atoms with Crippen molar-refractivity contribution in [2.75, 3.05) is 11.9 Å². The number of urea groups is 1. The summed E-state index contributed by atoms with van der Waals surface area (Å²) in [5.74, 6) is -0.471. The minimum Gasteiger partial charge on any atom is -0.335 e. The summed E-state index contributed by atoms with van der Waals surface area (Å²) in [6.45, 7) is 1.39. The third kappa shape index (κ3) is 5.19. The molecule has 6 rings (SSSR count). The van der Waals surface area contributed by atoms with Gasteiger partial charge in [-0.2, -0.15) is 5.26 Å². The second-order valence-corrected chi connectivity index (χ2v) is 11.0. The molecule has 2 N–H and O–H groups in total. The van der Waals surface area contributed by atoms with Gasteiger partial charge in [0, 0.05) is 31.2 Å². The molecule has 39 heavy (non-hydrogen) atoms. The summed E-state index contributed by atoms with van der Waals surface area (Å²) < 4.78 is 13.6. The van der Waals surface area contributed by atoms with Crippen molar-refractivity contribution >= 4 is 28.4 Å². The van der Waals surface area contributed by atoms with Gasteiger partial charge in [0.25, 0.3) is 0 Å². The van der Waals surface area contributed by atoms with Crippen LogP contribution in [-0.2, 0) is 11.3 Å². The van der Waals surface area contributed by atoms with Crippen LogP contribution in [0.25, 0.3) is 10.8 Å². The van der Waals surface area contributed by atoms with E-state index in [1.165, 1.54) is 11.6 Å². The van der Waals surface area contributed by atoms with Gasteiger partial charge in [-0.05, 0) is 85.2 Å². The van der Waals surface area contributed by atoms with Crippen LogP contribution < -0.4 is 10.6 Å². The molecular formula is C31H32FN5O2. The van der Waals surface area contributed by atoms with E-state index in [4.69, 9.17) is 0 Å². The number of anilines is 1. The van der Waals surface area contributed by atoms with E-state index in [0.717, 1.165) is 49.4 Å². The van der Waals surface area contributed by atoms with Crippen LogP contribution in [0.15, 0.2) is 60.7 Å². The van der Waals surface area contributed by atoms with Crippen molar-refractivity contribution in [1.82, 2.24) is 15.1 Å². The molecule has 3 saturated heterocycles. The minimum atomic E-state index is -0.546. The summed E-state index contributed by atoms with van der Waals surface area (Å²) in [4.78, 5) is 30.6. The molecule has 3 aromatic carbocycles. The maximum atomic E-state index is 13.6. The average Bonchev–Trinajstić information content (AvgIpc) is 3.51. The zero-order valence-corrected chi connectivity index (χ0v) is 21.8. The maximum Gasteiger partial charge on any atom is 0.318 e. The fourth-order valence-electron chi connectivity index (χ4n) is 6.67. The van der Waals surface area contributed by atoms with E-state index in [9.17, 15) is 19.2 Å². The largest absolute Gasteiger partial charge is 0.335 e. The van der Waals surface area contributed by atoms with Crippen LogP contribution in [0.5, 0.6) is 0 Å². The Labute approximate surface area is 227 Å². The van der Waals surface area contributed by atoms with Gasteiger partial charge in [0.1, 0.15) is 17.9 Å². The molecule has 3 atom stereocenters. The molecule has 8 heteroatoms. The first-order valence-corrected chi connectivity index (χ1v) is 13.8. The van der Waals surface area contributed by atoms with Crippen LogP contribution in [0.3, 0.4) is 0 Å². The van der Waals surface area contributed by atoms with E-state index in [-0.39, 0.29) is 23.8 Å². The minimum absolute atomic E-state index is 0.0782. The third-order valence-corrected chi connectivity index (χ3v) is 8.57. The Balaban J connectivity index is 1.07. The molecule has 2 unspecified atom stereocenters. The van der Waals surface area contributed by atoms with Gasteiger partial charge in [-0.25, -0.2) is 9.18 Å². The van der Waals surface area contributed by atoms with E-state index in [1.54, 1.807) is 35.2 Å². The Bertz CT molecular complexity index is 1440. The number of halogens is 1. The summed E-state index contributed by atoms with van der Waals surface area (Å²) in [7, 11) is 0. The summed E-state index contributed by atoms with van der Waals surface area (Å²) in [6, 6.07) is 20.3. The molecule has 0 aliphatic carbocycles. The lowest BCUT2D eigenvalue weighted by atomic mass is 9.96. The number of benzene rings is 3. The zero-order chi connectivity index (χ0) is 26.9. The molecule has 3 aliphatic rings. The van der Waals surface area contributed by atoms with Crippen molar-refractivity contribution in [3.63, 3.8) is 0 Å². The number of carbonyl (C=O) groups excluding carboxylic acids is 2. The van der Waals surface area contributed by atoms with Crippen molar-refractivity contribution in [3.8, 4) is 6.07 Å². The smallest absolute Gasteiger partial charge is 0.318 e.